The Morgan fingerprint density at radius 1 is 1.29 bits per heavy atom. The molecule has 0 aromatic heterocycles. The van der Waals surface area contributed by atoms with Crippen molar-refractivity contribution < 1.29 is 8.42 Å². The summed E-state index contributed by atoms with van der Waals surface area (Å²) >= 11 is 0. The highest BCUT2D eigenvalue weighted by Crippen LogP contribution is 2.58. The van der Waals surface area contributed by atoms with Gasteiger partial charge in [-0.15, -0.1) is 12.4 Å². The van der Waals surface area contributed by atoms with Crippen molar-refractivity contribution in [3.8, 4) is 0 Å². The minimum atomic E-state index is -3.11. The van der Waals surface area contributed by atoms with Crippen LogP contribution in [0.25, 0.3) is 0 Å². The molecule has 3 rings (SSSR count). The van der Waals surface area contributed by atoms with E-state index in [0.717, 1.165) is 19.3 Å². The highest BCUT2D eigenvalue weighted by molar-refractivity contribution is 7.90. The van der Waals surface area contributed by atoms with Gasteiger partial charge >= 0.3 is 0 Å². The summed E-state index contributed by atoms with van der Waals surface area (Å²) in [5.74, 6) is 0. The summed E-state index contributed by atoms with van der Waals surface area (Å²) in [5, 5.41) is -0.352. The molecule has 0 aromatic rings. The van der Waals surface area contributed by atoms with Crippen molar-refractivity contribution in [3.63, 3.8) is 0 Å². The van der Waals surface area contributed by atoms with Crippen LogP contribution in [0, 0.1) is 0 Å². The van der Waals surface area contributed by atoms with Crippen LogP contribution < -0.4 is 10.5 Å². The summed E-state index contributed by atoms with van der Waals surface area (Å²) in [6.45, 7) is 3.37. The Labute approximate surface area is 91.1 Å². The molecule has 84 valence electrons. The molecule has 3 fully saturated rings. The highest BCUT2D eigenvalue weighted by atomic mass is 35.5. The molecule has 3 N–H and O–H groups in total. The first-order chi connectivity index (χ1) is 5.77. The van der Waals surface area contributed by atoms with Crippen molar-refractivity contribution in [1.82, 2.24) is 4.72 Å². The second-order valence-electron chi connectivity index (χ2n) is 4.87. The molecule has 3 saturated carbocycles. The Morgan fingerprint density at radius 3 is 2.00 bits per heavy atom. The summed E-state index contributed by atoms with van der Waals surface area (Å²) in [6.07, 6.45) is 2.43. The molecule has 0 radical (unpaired) electrons. The zero-order valence-electron chi connectivity index (χ0n) is 8.41. The van der Waals surface area contributed by atoms with Gasteiger partial charge in [0.25, 0.3) is 0 Å². The molecule has 0 atom stereocenters. The van der Waals surface area contributed by atoms with Gasteiger partial charge in [0.15, 0.2) is 0 Å². The first-order valence-electron chi connectivity index (χ1n) is 4.59. The van der Waals surface area contributed by atoms with Crippen LogP contribution in [0.15, 0.2) is 0 Å². The second-order valence-corrected chi connectivity index (χ2v) is 7.11. The average Bonchev–Trinajstić information content (AvgIpc) is 1.80. The van der Waals surface area contributed by atoms with Crippen molar-refractivity contribution in [2.75, 3.05) is 0 Å². The van der Waals surface area contributed by atoms with E-state index in [1.54, 1.807) is 13.8 Å². The Morgan fingerprint density at radius 2 is 1.71 bits per heavy atom. The standard InChI is InChI=1S/C8H16N2O2S.ClH/c1-6(2)13(11,12)10-8-3-7(9,4-8)5-8;/h6,10H,3-5,9H2,1-2H3;1H. The smallest absolute Gasteiger partial charge is 0.214 e. The van der Waals surface area contributed by atoms with E-state index in [1.807, 2.05) is 0 Å². The molecule has 3 aliphatic carbocycles. The topological polar surface area (TPSA) is 72.2 Å². The van der Waals surface area contributed by atoms with E-state index in [1.165, 1.54) is 0 Å². The van der Waals surface area contributed by atoms with Crippen LogP contribution in [-0.2, 0) is 10.0 Å². The normalized spacial score (nSPS) is 39.7. The van der Waals surface area contributed by atoms with Gasteiger partial charge in [0.1, 0.15) is 0 Å². The maximum absolute atomic E-state index is 11.5. The van der Waals surface area contributed by atoms with Crippen molar-refractivity contribution in [2.45, 2.75) is 49.4 Å². The molecule has 2 bridgehead atoms. The number of hydrogen-bond donors (Lipinski definition) is 2. The lowest BCUT2D eigenvalue weighted by atomic mass is 9.45. The van der Waals surface area contributed by atoms with Crippen LogP contribution in [0.2, 0.25) is 0 Å². The molecule has 0 amide bonds. The second kappa shape index (κ2) is 3.07. The van der Waals surface area contributed by atoms with Crippen LogP contribution >= 0.6 is 12.4 Å². The zero-order valence-corrected chi connectivity index (χ0v) is 10.0. The predicted octanol–water partition coefficient (Wildman–Crippen LogP) is 0.370. The lowest BCUT2D eigenvalue weighted by molar-refractivity contribution is -0.0619. The maximum Gasteiger partial charge on any atom is 0.214 e. The minimum Gasteiger partial charge on any atom is -0.325 e. The lowest BCUT2D eigenvalue weighted by Crippen LogP contribution is -2.82. The number of halogens is 1. The average molecular weight is 241 g/mol. The quantitative estimate of drug-likeness (QED) is 0.749. The van der Waals surface area contributed by atoms with Gasteiger partial charge < -0.3 is 5.73 Å². The summed E-state index contributed by atoms with van der Waals surface area (Å²) in [6, 6.07) is 0. The number of nitrogens with one attached hydrogen (secondary N) is 1. The molecule has 0 aliphatic heterocycles. The SMILES string of the molecule is CC(C)S(=O)(=O)NC12CC(N)(C1)C2.Cl. The van der Waals surface area contributed by atoms with E-state index in [4.69, 9.17) is 5.73 Å². The van der Waals surface area contributed by atoms with E-state index < -0.39 is 10.0 Å². The molecular weight excluding hydrogens is 224 g/mol. The van der Waals surface area contributed by atoms with Crippen LogP contribution in [-0.4, -0.2) is 24.7 Å². The Kier molecular flexibility index (Phi) is 2.69. The third-order valence-corrected chi connectivity index (χ3v) is 5.01. The fraction of sp³-hybridized carbons (Fsp3) is 1.00. The Balaban J connectivity index is 0.000000980. The van der Waals surface area contributed by atoms with Gasteiger partial charge in [0.05, 0.1) is 5.25 Å². The predicted molar refractivity (Wildman–Crippen MR) is 57.9 cm³/mol. The number of hydrogen-bond acceptors (Lipinski definition) is 3. The molecule has 0 spiro atoms. The fourth-order valence-corrected chi connectivity index (χ4v) is 3.45. The van der Waals surface area contributed by atoms with Crippen molar-refractivity contribution in [1.29, 1.82) is 0 Å². The largest absolute Gasteiger partial charge is 0.325 e. The molecule has 6 heteroatoms. The summed E-state index contributed by atoms with van der Waals surface area (Å²) in [4.78, 5) is 0. The van der Waals surface area contributed by atoms with Gasteiger partial charge in [-0.05, 0) is 33.1 Å². The number of rotatable bonds is 3. The van der Waals surface area contributed by atoms with E-state index >= 15 is 0 Å². The Hall–Kier alpha value is 0.160. The molecule has 0 saturated heterocycles. The van der Waals surface area contributed by atoms with E-state index in [9.17, 15) is 8.42 Å². The monoisotopic (exact) mass is 240 g/mol. The third-order valence-electron chi connectivity index (χ3n) is 3.05. The van der Waals surface area contributed by atoms with Crippen molar-refractivity contribution >= 4 is 22.4 Å². The maximum atomic E-state index is 11.5. The van der Waals surface area contributed by atoms with Crippen molar-refractivity contribution in [3.05, 3.63) is 0 Å². The van der Waals surface area contributed by atoms with Crippen LogP contribution in [0.5, 0.6) is 0 Å². The molecule has 4 nitrogen and oxygen atoms in total. The lowest BCUT2D eigenvalue weighted by Gasteiger charge is -2.68. The van der Waals surface area contributed by atoms with Gasteiger partial charge in [0.2, 0.25) is 10.0 Å². The first kappa shape index (κ1) is 12.2. The number of nitrogens with two attached hydrogens (primary N) is 1. The van der Waals surface area contributed by atoms with E-state index in [2.05, 4.69) is 4.72 Å². The van der Waals surface area contributed by atoms with Gasteiger partial charge in [-0.2, -0.15) is 0 Å². The highest BCUT2D eigenvalue weighted by Gasteiger charge is 2.67. The van der Waals surface area contributed by atoms with Crippen LogP contribution in [0.4, 0.5) is 0 Å². The van der Waals surface area contributed by atoms with Crippen LogP contribution in [0.3, 0.4) is 0 Å². The summed E-state index contributed by atoms with van der Waals surface area (Å²) in [7, 11) is -3.11. The molecule has 0 aromatic carbocycles. The molecule has 0 unspecified atom stereocenters. The summed E-state index contributed by atoms with van der Waals surface area (Å²) in [5.41, 5.74) is 5.62. The first-order valence-corrected chi connectivity index (χ1v) is 6.13. The van der Waals surface area contributed by atoms with Crippen molar-refractivity contribution in [2.24, 2.45) is 5.73 Å². The molecule has 14 heavy (non-hydrogen) atoms. The minimum absolute atomic E-state index is 0. The van der Waals surface area contributed by atoms with Crippen LogP contribution in [0.1, 0.15) is 33.1 Å². The fourth-order valence-electron chi connectivity index (χ4n) is 2.39. The number of sulfonamides is 1. The van der Waals surface area contributed by atoms with Gasteiger partial charge in [0, 0.05) is 11.1 Å². The molecule has 3 aliphatic rings. The third kappa shape index (κ3) is 1.66. The molecular formula is C8H17ClN2O2S. The van der Waals surface area contributed by atoms with E-state index in [0.29, 0.717) is 0 Å². The zero-order chi connectivity index (χ0) is 9.91. The van der Waals surface area contributed by atoms with Gasteiger partial charge in [-0.3, -0.25) is 0 Å². The van der Waals surface area contributed by atoms with E-state index in [-0.39, 0.29) is 28.7 Å². The summed E-state index contributed by atoms with van der Waals surface area (Å²) < 4.78 is 25.8. The Bertz CT molecular complexity index is 319. The molecule has 0 heterocycles. The van der Waals surface area contributed by atoms with Gasteiger partial charge in [-0.1, -0.05) is 0 Å². The van der Waals surface area contributed by atoms with Gasteiger partial charge in [-0.25, -0.2) is 13.1 Å².